The van der Waals surface area contributed by atoms with Crippen LogP contribution in [0.4, 0.5) is 10.5 Å². The van der Waals surface area contributed by atoms with Gasteiger partial charge in [0.2, 0.25) is 5.88 Å². The highest BCUT2D eigenvalue weighted by molar-refractivity contribution is 6.00. The van der Waals surface area contributed by atoms with E-state index in [0.29, 0.717) is 35.5 Å². The fourth-order valence-corrected chi connectivity index (χ4v) is 4.51. The number of aromatic nitrogens is 3. The Bertz CT molecular complexity index is 1490. The Hall–Kier alpha value is -4.24. The Balaban J connectivity index is 1.35. The van der Waals surface area contributed by atoms with Crippen molar-refractivity contribution in [3.63, 3.8) is 0 Å². The van der Waals surface area contributed by atoms with Crippen LogP contribution in [0.2, 0.25) is 0 Å². The van der Waals surface area contributed by atoms with Crippen LogP contribution < -0.4 is 20.7 Å². The highest BCUT2D eigenvalue weighted by Gasteiger charge is 2.21. The molecule has 190 valence electrons. The summed E-state index contributed by atoms with van der Waals surface area (Å²) in [5.74, 6) is 1.02. The largest absolute Gasteiger partial charge is 0.439 e. The van der Waals surface area contributed by atoms with Crippen LogP contribution in [0.3, 0.4) is 0 Å². The van der Waals surface area contributed by atoms with Crippen LogP contribution in [-0.2, 0) is 13.0 Å². The maximum atomic E-state index is 13.1. The Labute approximate surface area is 215 Å². The maximum Gasteiger partial charge on any atom is 0.330 e. The van der Waals surface area contributed by atoms with Crippen LogP contribution in [-0.4, -0.2) is 38.6 Å². The smallest absolute Gasteiger partial charge is 0.330 e. The SMILES string of the molecule is Cc1cc(NC(=O)n2ccc3cc(Oc4ncnc5c4CC(C)NC5)ccc32)cc(C(=O)NC(C)C)c1. The minimum absolute atomic E-state index is 0.0199. The molecule has 9 nitrogen and oxygen atoms in total. The summed E-state index contributed by atoms with van der Waals surface area (Å²) in [4.78, 5) is 34.3. The zero-order valence-electron chi connectivity index (χ0n) is 21.3. The van der Waals surface area contributed by atoms with Gasteiger partial charge in [0.15, 0.2) is 0 Å². The number of carbonyl (C=O) groups is 2. The molecule has 0 spiro atoms. The molecule has 2 aromatic carbocycles. The zero-order valence-corrected chi connectivity index (χ0v) is 21.3. The molecule has 0 saturated carbocycles. The average molecular weight is 499 g/mol. The number of benzene rings is 2. The standard InChI is InChI=1S/C28H30N6O3/c1-16(2)32-26(35)20-9-17(3)10-21(12-20)33-28(36)34-8-7-19-13-22(5-6-25(19)34)37-27-23-11-18(4)29-14-24(23)30-15-31-27/h5-10,12-13,15-16,18,29H,11,14H2,1-4H3,(H,32,35)(H,33,36). The highest BCUT2D eigenvalue weighted by Crippen LogP contribution is 2.30. The van der Waals surface area contributed by atoms with Crippen molar-refractivity contribution in [2.45, 2.75) is 52.7 Å². The molecule has 0 aliphatic carbocycles. The lowest BCUT2D eigenvalue weighted by Gasteiger charge is -2.23. The molecule has 2 aromatic heterocycles. The first-order valence-corrected chi connectivity index (χ1v) is 12.4. The van der Waals surface area contributed by atoms with E-state index in [9.17, 15) is 9.59 Å². The first-order valence-electron chi connectivity index (χ1n) is 12.4. The van der Waals surface area contributed by atoms with Gasteiger partial charge in [-0.3, -0.25) is 9.36 Å². The summed E-state index contributed by atoms with van der Waals surface area (Å²) in [5, 5.41) is 10.0. The van der Waals surface area contributed by atoms with Crippen molar-refractivity contribution in [1.29, 1.82) is 0 Å². The van der Waals surface area contributed by atoms with Gasteiger partial charge in [0.05, 0.1) is 11.2 Å². The number of anilines is 1. The van der Waals surface area contributed by atoms with Gasteiger partial charge >= 0.3 is 6.03 Å². The zero-order chi connectivity index (χ0) is 26.1. The van der Waals surface area contributed by atoms with Crippen LogP contribution in [0.1, 0.15) is 48.0 Å². The van der Waals surface area contributed by atoms with Gasteiger partial charge in [-0.05, 0) is 82.1 Å². The molecule has 37 heavy (non-hydrogen) atoms. The first kappa shape index (κ1) is 24.5. The summed E-state index contributed by atoms with van der Waals surface area (Å²) in [5.41, 5.74) is 4.64. The Morgan fingerprint density at radius 1 is 1.14 bits per heavy atom. The van der Waals surface area contributed by atoms with Crippen molar-refractivity contribution in [1.82, 2.24) is 25.2 Å². The molecule has 2 amide bonds. The predicted octanol–water partition coefficient (Wildman–Crippen LogP) is 4.78. The molecular formula is C28H30N6O3. The third-order valence-electron chi connectivity index (χ3n) is 6.23. The second-order valence-electron chi connectivity index (χ2n) is 9.74. The molecule has 0 radical (unpaired) electrons. The molecule has 9 heteroatoms. The minimum Gasteiger partial charge on any atom is -0.439 e. The van der Waals surface area contributed by atoms with Crippen molar-refractivity contribution >= 4 is 28.5 Å². The molecule has 1 aliphatic heterocycles. The molecule has 0 saturated heterocycles. The van der Waals surface area contributed by atoms with Crippen molar-refractivity contribution in [2.75, 3.05) is 5.32 Å². The lowest BCUT2D eigenvalue weighted by atomic mass is 10.0. The van der Waals surface area contributed by atoms with Crippen molar-refractivity contribution in [2.24, 2.45) is 0 Å². The van der Waals surface area contributed by atoms with E-state index in [-0.39, 0.29) is 18.0 Å². The van der Waals surface area contributed by atoms with Gasteiger partial charge in [0.1, 0.15) is 12.1 Å². The van der Waals surface area contributed by atoms with Crippen molar-refractivity contribution < 1.29 is 14.3 Å². The molecule has 4 aromatic rings. The monoisotopic (exact) mass is 498 g/mol. The number of hydrogen-bond donors (Lipinski definition) is 3. The molecule has 1 aliphatic rings. The van der Waals surface area contributed by atoms with E-state index in [0.717, 1.165) is 34.1 Å². The molecule has 1 atom stereocenters. The normalized spacial score (nSPS) is 14.9. The summed E-state index contributed by atoms with van der Waals surface area (Å²) in [6, 6.07) is 12.8. The van der Waals surface area contributed by atoms with Gasteiger partial charge in [-0.15, -0.1) is 0 Å². The number of nitrogens with zero attached hydrogens (tertiary/aromatic N) is 3. The molecule has 3 N–H and O–H groups in total. The lowest BCUT2D eigenvalue weighted by molar-refractivity contribution is 0.0943. The van der Waals surface area contributed by atoms with E-state index in [1.807, 2.05) is 51.1 Å². The van der Waals surface area contributed by atoms with Crippen LogP contribution in [0, 0.1) is 6.92 Å². The number of nitrogens with one attached hydrogen (secondary N) is 3. The first-order chi connectivity index (χ1) is 17.8. The molecule has 3 heterocycles. The topological polar surface area (TPSA) is 110 Å². The molecule has 0 fully saturated rings. The third kappa shape index (κ3) is 5.31. The summed E-state index contributed by atoms with van der Waals surface area (Å²) in [6.45, 7) is 8.52. The summed E-state index contributed by atoms with van der Waals surface area (Å²) < 4.78 is 7.69. The minimum atomic E-state index is -0.323. The van der Waals surface area contributed by atoms with Crippen LogP contribution in [0.5, 0.6) is 11.6 Å². The van der Waals surface area contributed by atoms with Gasteiger partial charge < -0.3 is 20.7 Å². The number of amides is 2. The van der Waals surface area contributed by atoms with Gasteiger partial charge in [-0.1, -0.05) is 0 Å². The van der Waals surface area contributed by atoms with E-state index < -0.39 is 0 Å². The van der Waals surface area contributed by atoms with E-state index in [4.69, 9.17) is 4.74 Å². The Morgan fingerprint density at radius 3 is 2.78 bits per heavy atom. The molecule has 1 unspecified atom stereocenters. The molecular weight excluding hydrogens is 468 g/mol. The van der Waals surface area contributed by atoms with Crippen LogP contribution in [0.25, 0.3) is 10.9 Å². The molecule has 0 bridgehead atoms. The second kappa shape index (κ2) is 10.0. The molecule has 5 rings (SSSR count). The van der Waals surface area contributed by atoms with Crippen LogP contribution in [0.15, 0.2) is 55.0 Å². The Kier molecular flexibility index (Phi) is 6.62. The van der Waals surface area contributed by atoms with E-state index in [2.05, 4.69) is 32.8 Å². The fourth-order valence-electron chi connectivity index (χ4n) is 4.51. The maximum absolute atomic E-state index is 13.1. The fraction of sp³-hybridized carbons (Fsp3) is 0.286. The van der Waals surface area contributed by atoms with Gasteiger partial charge in [-0.25, -0.2) is 14.8 Å². The van der Waals surface area contributed by atoms with E-state index in [1.165, 1.54) is 10.9 Å². The van der Waals surface area contributed by atoms with E-state index >= 15 is 0 Å². The van der Waals surface area contributed by atoms with Gasteiger partial charge in [-0.2, -0.15) is 0 Å². The number of hydrogen-bond acceptors (Lipinski definition) is 6. The second-order valence-corrected chi connectivity index (χ2v) is 9.74. The quantitative estimate of drug-likeness (QED) is 0.365. The predicted molar refractivity (Wildman–Crippen MR) is 142 cm³/mol. The third-order valence-corrected chi connectivity index (χ3v) is 6.23. The van der Waals surface area contributed by atoms with Crippen LogP contribution >= 0.6 is 0 Å². The van der Waals surface area contributed by atoms with Gasteiger partial charge in [0.25, 0.3) is 5.91 Å². The van der Waals surface area contributed by atoms with Crippen molar-refractivity contribution in [3.8, 4) is 11.6 Å². The van der Waals surface area contributed by atoms with Gasteiger partial charge in [0, 0.05) is 47.0 Å². The highest BCUT2D eigenvalue weighted by atomic mass is 16.5. The van der Waals surface area contributed by atoms with E-state index in [1.54, 1.807) is 18.3 Å². The summed E-state index contributed by atoms with van der Waals surface area (Å²) in [6.07, 6.45) is 4.03. The van der Waals surface area contributed by atoms with Crippen molar-refractivity contribution in [3.05, 3.63) is 77.4 Å². The number of ether oxygens (including phenoxy) is 1. The number of fused-ring (bicyclic) bond motifs is 2. The summed E-state index contributed by atoms with van der Waals surface area (Å²) in [7, 11) is 0. The number of carbonyl (C=O) groups excluding carboxylic acids is 2. The number of rotatable bonds is 5. The number of aryl methyl sites for hydroxylation is 1. The lowest BCUT2D eigenvalue weighted by Crippen LogP contribution is -2.33. The average Bonchev–Trinajstić information content (AvgIpc) is 3.27. The summed E-state index contributed by atoms with van der Waals surface area (Å²) >= 11 is 0. The Morgan fingerprint density at radius 2 is 1.97 bits per heavy atom.